The molecule has 18 heavy (non-hydrogen) atoms. The van der Waals surface area contributed by atoms with Gasteiger partial charge in [-0.25, -0.2) is 4.98 Å². The molecule has 1 aromatic heterocycles. The molecule has 1 aromatic carbocycles. The Morgan fingerprint density at radius 1 is 1.17 bits per heavy atom. The van der Waals surface area contributed by atoms with Gasteiger partial charge in [0.25, 0.3) is 0 Å². The molecule has 0 aliphatic carbocycles. The lowest BCUT2D eigenvalue weighted by atomic mass is 10.1. The lowest BCUT2D eigenvalue weighted by molar-refractivity contribution is 0.303. The van der Waals surface area contributed by atoms with Gasteiger partial charge in [-0.2, -0.15) is 0 Å². The van der Waals surface area contributed by atoms with Gasteiger partial charge in [-0.1, -0.05) is 12.1 Å². The second kappa shape index (κ2) is 5.08. The van der Waals surface area contributed by atoms with E-state index in [9.17, 15) is 0 Å². The van der Waals surface area contributed by atoms with Crippen LogP contribution >= 0.6 is 0 Å². The molecule has 0 aliphatic heterocycles. The molecule has 2 N–H and O–H groups in total. The fraction of sp³-hybridized carbons (Fsp3) is 0.267. The fourth-order valence-corrected chi connectivity index (χ4v) is 1.83. The summed E-state index contributed by atoms with van der Waals surface area (Å²) >= 11 is 0. The molecule has 94 valence electrons. The summed E-state index contributed by atoms with van der Waals surface area (Å²) in [6.07, 6.45) is 1.74. The highest BCUT2D eigenvalue weighted by Gasteiger charge is 2.04. The van der Waals surface area contributed by atoms with E-state index in [0.717, 1.165) is 11.3 Å². The van der Waals surface area contributed by atoms with E-state index in [2.05, 4.69) is 37.9 Å². The van der Waals surface area contributed by atoms with E-state index in [0.29, 0.717) is 12.4 Å². The van der Waals surface area contributed by atoms with E-state index >= 15 is 0 Å². The standard InChI is InChI=1S/C15H18N2O/c1-10-6-11(2)12(3)14(7-10)18-9-13-4-5-15(16)17-8-13/h4-8H,9H2,1-3H3,(H2,16,17). The number of nitrogens with two attached hydrogens (primary N) is 1. The van der Waals surface area contributed by atoms with Crippen LogP contribution in [0.1, 0.15) is 22.3 Å². The molecular formula is C15H18N2O. The monoisotopic (exact) mass is 242 g/mol. The van der Waals surface area contributed by atoms with Crippen LogP contribution in [0.2, 0.25) is 0 Å². The number of anilines is 1. The third-order valence-electron chi connectivity index (χ3n) is 3.01. The molecule has 0 amide bonds. The van der Waals surface area contributed by atoms with Crippen LogP contribution in [0, 0.1) is 20.8 Å². The lowest BCUT2D eigenvalue weighted by Crippen LogP contribution is -2.00. The average Bonchev–Trinajstić information content (AvgIpc) is 2.34. The summed E-state index contributed by atoms with van der Waals surface area (Å²) in [6, 6.07) is 7.94. The molecule has 0 atom stereocenters. The Morgan fingerprint density at radius 3 is 2.61 bits per heavy atom. The molecule has 3 heteroatoms. The topological polar surface area (TPSA) is 48.1 Å². The summed E-state index contributed by atoms with van der Waals surface area (Å²) < 4.78 is 5.84. The molecular weight excluding hydrogens is 224 g/mol. The van der Waals surface area contributed by atoms with Crippen LogP contribution in [0.5, 0.6) is 5.75 Å². The second-order valence-corrected chi connectivity index (χ2v) is 4.58. The number of rotatable bonds is 3. The number of benzene rings is 1. The minimum atomic E-state index is 0.511. The Hall–Kier alpha value is -2.03. The van der Waals surface area contributed by atoms with E-state index in [1.807, 2.05) is 6.07 Å². The maximum absolute atomic E-state index is 5.84. The number of aromatic nitrogens is 1. The number of aryl methyl sites for hydroxylation is 2. The summed E-state index contributed by atoms with van der Waals surface area (Å²) in [4.78, 5) is 4.05. The van der Waals surface area contributed by atoms with Crippen molar-refractivity contribution < 1.29 is 4.74 Å². The largest absolute Gasteiger partial charge is 0.489 e. The van der Waals surface area contributed by atoms with Crippen molar-refractivity contribution in [1.29, 1.82) is 0 Å². The van der Waals surface area contributed by atoms with E-state index in [1.165, 1.54) is 16.7 Å². The van der Waals surface area contributed by atoms with Crippen molar-refractivity contribution in [2.24, 2.45) is 0 Å². The zero-order valence-electron chi connectivity index (χ0n) is 11.0. The first-order chi connectivity index (χ1) is 8.56. The van der Waals surface area contributed by atoms with Crippen LogP contribution in [-0.2, 0) is 6.61 Å². The smallest absolute Gasteiger partial charge is 0.123 e. The third kappa shape index (κ3) is 2.80. The number of hydrogen-bond donors (Lipinski definition) is 1. The number of nitrogen functional groups attached to an aromatic ring is 1. The van der Waals surface area contributed by atoms with E-state index in [-0.39, 0.29) is 0 Å². The van der Waals surface area contributed by atoms with E-state index in [4.69, 9.17) is 10.5 Å². The molecule has 1 heterocycles. The van der Waals surface area contributed by atoms with Crippen LogP contribution in [0.25, 0.3) is 0 Å². The third-order valence-corrected chi connectivity index (χ3v) is 3.01. The van der Waals surface area contributed by atoms with Crippen LogP contribution in [0.4, 0.5) is 5.82 Å². The van der Waals surface area contributed by atoms with Gasteiger partial charge in [0.05, 0.1) is 0 Å². The molecule has 0 unspecified atom stereocenters. The Labute approximate surface area is 108 Å². The van der Waals surface area contributed by atoms with E-state index < -0.39 is 0 Å². The van der Waals surface area contributed by atoms with Crippen molar-refractivity contribution in [2.45, 2.75) is 27.4 Å². The number of ether oxygens (including phenoxy) is 1. The molecule has 0 fully saturated rings. The predicted octanol–water partition coefficient (Wildman–Crippen LogP) is 3.17. The molecule has 0 saturated heterocycles. The zero-order valence-corrected chi connectivity index (χ0v) is 11.0. The molecule has 0 spiro atoms. The Bertz CT molecular complexity index is 547. The van der Waals surface area contributed by atoms with Gasteiger partial charge in [-0.05, 0) is 49.6 Å². The summed E-state index contributed by atoms with van der Waals surface area (Å²) in [6.45, 7) is 6.76. The van der Waals surface area contributed by atoms with Crippen molar-refractivity contribution in [3.05, 3.63) is 52.7 Å². The predicted molar refractivity (Wildman–Crippen MR) is 73.6 cm³/mol. The quantitative estimate of drug-likeness (QED) is 0.899. The summed E-state index contributed by atoms with van der Waals surface area (Å²) in [5, 5.41) is 0. The highest BCUT2D eigenvalue weighted by molar-refractivity contribution is 5.42. The van der Waals surface area contributed by atoms with E-state index in [1.54, 1.807) is 12.3 Å². The minimum absolute atomic E-state index is 0.511. The maximum Gasteiger partial charge on any atom is 0.123 e. The van der Waals surface area contributed by atoms with Gasteiger partial charge in [0.2, 0.25) is 0 Å². The highest BCUT2D eigenvalue weighted by Crippen LogP contribution is 2.24. The van der Waals surface area contributed by atoms with Crippen molar-refractivity contribution in [2.75, 3.05) is 5.73 Å². The van der Waals surface area contributed by atoms with Crippen molar-refractivity contribution >= 4 is 5.82 Å². The molecule has 2 aromatic rings. The van der Waals surface area contributed by atoms with Gasteiger partial charge < -0.3 is 10.5 Å². The van der Waals surface area contributed by atoms with Crippen molar-refractivity contribution in [3.63, 3.8) is 0 Å². The van der Waals surface area contributed by atoms with Gasteiger partial charge in [0, 0.05) is 11.8 Å². The van der Waals surface area contributed by atoms with Crippen LogP contribution < -0.4 is 10.5 Å². The van der Waals surface area contributed by atoms with Gasteiger partial charge in [-0.15, -0.1) is 0 Å². The van der Waals surface area contributed by atoms with Crippen LogP contribution in [0.15, 0.2) is 30.5 Å². The molecule has 3 nitrogen and oxygen atoms in total. The average molecular weight is 242 g/mol. The minimum Gasteiger partial charge on any atom is -0.489 e. The Morgan fingerprint density at radius 2 is 1.94 bits per heavy atom. The fourth-order valence-electron chi connectivity index (χ4n) is 1.83. The SMILES string of the molecule is Cc1cc(C)c(C)c(OCc2ccc(N)nc2)c1. The summed E-state index contributed by atoms with van der Waals surface area (Å²) in [5.41, 5.74) is 10.2. The number of hydrogen-bond acceptors (Lipinski definition) is 3. The summed E-state index contributed by atoms with van der Waals surface area (Å²) in [7, 11) is 0. The number of pyridine rings is 1. The number of nitrogens with zero attached hydrogens (tertiary/aromatic N) is 1. The zero-order chi connectivity index (χ0) is 13.1. The molecule has 2 rings (SSSR count). The lowest BCUT2D eigenvalue weighted by Gasteiger charge is -2.12. The van der Waals surface area contributed by atoms with Gasteiger partial charge >= 0.3 is 0 Å². The first-order valence-electron chi connectivity index (χ1n) is 5.97. The first kappa shape index (κ1) is 12.4. The van der Waals surface area contributed by atoms with Gasteiger partial charge in [0.15, 0.2) is 0 Å². The Balaban J connectivity index is 2.13. The summed E-state index contributed by atoms with van der Waals surface area (Å²) in [5.74, 6) is 1.46. The van der Waals surface area contributed by atoms with Crippen molar-refractivity contribution in [1.82, 2.24) is 4.98 Å². The normalized spacial score (nSPS) is 10.4. The molecule has 0 radical (unpaired) electrons. The molecule has 0 bridgehead atoms. The van der Waals surface area contributed by atoms with Gasteiger partial charge in [-0.3, -0.25) is 0 Å². The Kier molecular flexibility index (Phi) is 3.51. The highest BCUT2D eigenvalue weighted by atomic mass is 16.5. The second-order valence-electron chi connectivity index (χ2n) is 4.58. The maximum atomic E-state index is 5.84. The van der Waals surface area contributed by atoms with Gasteiger partial charge in [0.1, 0.15) is 18.2 Å². The molecule has 0 aliphatic rings. The van der Waals surface area contributed by atoms with Crippen molar-refractivity contribution in [3.8, 4) is 5.75 Å². The molecule has 0 saturated carbocycles. The van der Waals surface area contributed by atoms with Crippen LogP contribution in [-0.4, -0.2) is 4.98 Å². The first-order valence-corrected chi connectivity index (χ1v) is 5.97. The van der Waals surface area contributed by atoms with Crippen LogP contribution in [0.3, 0.4) is 0 Å².